The van der Waals surface area contributed by atoms with Crippen molar-refractivity contribution in [3.05, 3.63) is 54.1 Å². The quantitative estimate of drug-likeness (QED) is 0.820. The highest BCUT2D eigenvalue weighted by Gasteiger charge is 2.30. The molecule has 1 saturated heterocycles. The molecule has 142 valence electrons. The van der Waals surface area contributed by atoms with Crippen molar-refractivity contribution in [3.63, 3.8) is 0 Å². The molecule has 0 spiro atoms. The van der Waals surface area contributed by atoms with Gasteiger partial charge in [-0.15, -0.1) is 0 Å². The van der Waals surface area contributed by atoms with Gasteiger partial charge in [-0.05, 0) is 43.5 Å². The average Bonchev–Trinajstić information content (AvgIpc) is 2.74. The molecule has 0 radical (unpaired) electrons. The van der Waals surface area contributed by atoms with Crippen LogP contribution in [-0.4, -0.2) is 44.1 Å². The summed E-state index contributed by atoms with van der Waals surface area (Å²) in [5, 5.41) is 0. The minimum atomic E-state index is -0.408. The summed E-state index contributed by atoms with van der Waals surface area (Å²) in [6, 6.07) is 13.6. The van der Waals surface area contributed by atoms with Gasteiger partial charge in [-0.3, -0.25) is 4.79 Å². The zero-order valence-electron chi connectivity index (χ0n) is 15.7. The highest BCUT2D eigenvalue weighted by atomic mass is 16.5. The number of piperidine rings is 1. The topological polar surface area (TPSA) is 59.1 Å². The normalized spacial score (nSPS) is 13.8. The minimum Gasteiger partial charge on any atom is -0.497 e. The van der Waals surface area contributed by atoms with Crippen molar-refractivity contribution in [1.29, 1.82) is 0 Å². The largest absolute Gasteiger partial charge is 0.497 e. The number of amides is 3. The van der Waals surface area contributed by atoms with Gasteiger partial charge in [-0.25, -0.2) is 9.69 Å². The van der Waals surface area contributed by atoms with Crippen LogP contribution in [0.5, 0.6) is 11.5 Å². The molecule has 0 unspecified atom stereocenters. The van der Waals surface area contributed by atoms with Gasteiger partial charge < -0.3 is 14.4 Å². The predicted octanol–water partition coefficient (Wildman–Crippen LogP) is 3.96. The van der Waals surface area contributed by atoms with Crippen LogP contribution < -0.4 is 14.4 Å². The summed E-state index contributed by atoms with van der Waals surface area (Å²) >= 11 is 0. The number of rotatable bonds is 4. The molecule has 1 fully saturated rings. The minimum absolute atomic E-state index is 0.298. The maximum absolute atomic E-state index is 13.3. The number of anilines is 1. The van der Waals surface area contributed by atoms with E-state index in [9.17, 15) is 9.59 Å². The van der Waals surface area contributed by atoms with Gasteiger partial charge in [-0.1, -0.05) is 18.2 Å². The number of hydrogen-bond donors (Lipinski definition) is 0. The summed E-state index contributed by atoms with van der Waals surface area (Å²) in [5.41, 5.74) is 0.875. The number of imide groups is 1. The Morgan fingerprint density at radius 1 is 0.889 bits per heavy atom. The Balaban J connectivity index is 1.99. The fourth-order valence-electron chi connectivity index (χ4n) is 3.18. The molecule has 0 N–H and O–H groups in total. The molecule has 1 aliphatic rings. The lowest BCUT2D eigenvalue weighted by Crippen LogP contribution is -2.48. The number of nitrogens with zero attached hydrogens (tertiary/aromatic N) is 2. The van der Waals surface area contributed by atoms with Gasteiger partial charge in [0.2, 0.25) is 0 Å². The third-order valence-corrected chi connectivity index (χ3v) is 4.63. The summed E-state index contributed by atoms with van der Waals surface area (Å²) in [5.74, 6) is 0.584. The van der Waals surface area contributed by atoms with Crippen molar-refractivity contribution in [2.75, 3.05) is 32.2 Å². The van der Waals surface area contributed by atoms with Crippen LogP contribution in [0.15, 0.2) is 48.5 Å². The van der Waals surface area contributed by atoms with Crippen molar-refractivity contribution in [2.45, 2.75) is 19.3 Å². The van der Waals surface area contributed by atoms with E-state index in [0.29, 0.717) is 35.8 Å². The van der Waals surface area contributed by atoms with E-state index in [1.165, 1.54) is 19.1 Å². The summed E-state index contributed by atoms with van der Waals surface area (Å²) in [4.78, 5) is 29.5. The van der Waals surface area contributed by atoms with Crippen LogP contribution in [0.2, 0.25) is 0 Å². The molecule has 0 bridgehead atoms. The van der Waals surface area contributed by atoms with Crippen molar-refractivity contribution >= 4 is 17.6 Å². The predicted molar refractivity (Wildman–Crippen MR) is 104 cm³/mol. The van der Waals surface area contributed by atoms with Crippen LogP contribution >= 0.6 is 0 Å². The van der Waals surface area contributed by atoms with E-state index in [2.05, 4.69) is 0 Å². The molecule has 3 amide bonds. The molecule has 3 rings (SSSR count). The van der Waals surface area contributed by atoms with E-state index in [4.69, 9.17) is 9.47 Å². The Labute approximate surface area is 159 Å². The Kier molecular flexibility index (Phi) is 5.96. The lowest BCUT2D eigenvalue weighted by molar-refractivity contribution is 0.0983. The van der Waals surface area contributed by atoms with Crippen molar-refractivity contribution in [3.8, 4) is 11.5 Å². The number of ether oxygens (including phenoxy) is 2. The van der Waals surface area contributed by atoms with Gasteiger partial charge in [-0.2, -0.15) is 0 Å². The second-order valence-corrected chi connectivity index (χ2v) is 6.41. The standard InChI is InChI=1S/C21H24N2O4/c1-26-18-13-16(14-19(15-18)27-2)20(24)23(17-9-5-3-6-10-17)21(25)22-11-7-4-8-12-22/h3,5-6,9-10,13-15H,4,7-8,11-12H2,1-2H3. The van der Waals surface area contributed by atoms with Crippen LogP contribution in [0.4, 0.5) is 10.5 Å². The fraction of sp³-hybridized carbons (Fsp3) is 0.333. The second kappa shape index (κ2) is 8.58. The highest BCUT2D eigenvalue weighted by molar-refractivity contribution is 6.20. The SMILES string of the molecule is COc1cc(OC)cc(C(=O)N(C(=O)N2CCCCC2)c2ccccc2)c1. The number of carbonyl (C=O) groups is 2. The number of methoxy groups -OCH3 is 2. The first kappa shape index (κ1) is 18.8. The maximum atomic E-state index is 13.3. The molecule has 0 aliphatic carbocycles. The van der Waals surface area contributed by atoms with Crippen molar-refractivity contribution in [2.24, 2.45) is 0 Å². The second-order valence-electron chi connectivity index (χ2n) is 6.41. The molecule has 2 aromatic rings. The van der Waals surface area contributed by atoms with Gasteiger partial charge in [0, 0.05) is 24.7 Å². The third kappa shape index (κ3) is 4.22. The van der Waals surface area contributed by atoms with E-state index in [-0.39, 0.29) is 6.03 Å². The van der Waals surface area contributed by atoms with Crippen LogP contribution in [0, 0.1) is 0 Å². The number of benzene rings is 2. The maximum Gasteiger partial charge on any atom is 0.331 e. The average molecular weight is 368 g/mol. The van der Waals surface area contributed by atoms with E-state index in [0.717, 1.165) is 19.3 Å². The van der Waals surface area contributed by atoms with Gasteiger partial charge in [0.1, 0.15) is 11.5 Å². The van der Waals surface area contributed by atoms with E-state index in [1.807, 2.05) is 18.2 Å². The van der Waals surface area contributed by atoms with Gasteiger partial charge in [0.15, 0.2) is 0 Å². The summed E-state index contributed by atoms with van der Waals surface area (Å²) in [7, 11) is 3.05. The first-order chi connectivity index (χ1) is 13.1. The Hall–Kier alpha value is -3.02. The molecule has 2 aromatic carbocycles. The first-order valence-corrected chi connectivity index (χ1v) is 9.05. The van der Waals surface area contributed by atoms with Crippen molar-refractivity contribution < 1.29 is 19.1 Å². The summed E-state index contributed by atoms with van der Waals surface area (Å²) < 4.78 is 10.5. The monoisotopic (exact) mass is 368 g/mol. The molecule has 0 aromatic heterocycles. The molecule has 27 heavy (non-hydrogen) atoms. The van der Waals surface area contributed by atoms with Gasteiger partial charge in [0.05, 0.1) is 19.9 Å². The molecule has 0 atom stereocenters. The van der Waals surface area contributed by atoms with Crippen LogP contribution in [-0.2, 0) is 0 Å². The lowest BCUT2D eigenvalue weighted by Gasteiger charge is -2.32. The van der Waals surface area contributed by atoms with Gasteiger partial charge in [0.25, 0.3) is 5.91 Å². The Morgan fingerprint density at radius 2 is 1.48 bits per heavy atom. The molecule has 6 heteroatoms. The molecular weight excluding hydrogens is 344 g/mol. The van der Waals surface area contributed by atoms with E-state index in [1.54, 1.807) is 35.2 Å². The lowest BCUT2D eigenvalue weighted by atomic mass is 10.1. The van der Waals surface area contributed by atoms with Gasteiger partial charge >= 0.3 is 6.03 Å². The number of carbonyl (C=O) groups excluding carboxylic acids is 2. The molecule has 1 heterocycles. The summed E-state index contributed by atoms with van der Waals surface area (Å²) in [6.45, 7) is 1.33. The number of hydrogen-bond acceptors (Lipinski definition) is 4. The zero-order chi connectivity index (χ0) is 19.2. The number of para-hydroxylation sites is 1. The van der Waals surface area contributed by atoms with Crippen molar-refractivity contribution in [1.82, 2.24) is 4.90 Å². The molecule has 0 saturated carbocycles. The zero-order valence-corrected chi connectivity index (χ0v) is 15.7. The van der Waals surface area contributed by atoms with Crippen LogP contribution in [0.25, 0.3) is 0 Å². The molecule has 1 aliphatic heterocycles. The molecular formula is C21H24N2O4. The first-order valence-electron chi connectivity index (χ1n) is 9.05. The third-order valence-electron chi connectivity index (χ3n) is 4.63. The number of likely N-dealkylation sites (tertiary alicyclic amines) is 1. The smallest absolute Gasteiger partial charge is 0.331 e. The summed E-state index contributed by atoms with van der Waals surface area (Å²) in [6.07, 6.45) is 3.02. The molecule has 6 nitrogen and oxygen atoms in total. The van der Waals surface area contributed by atoms with Crippen LogP contribution in [0.3, 0.4) is 0 Å². The fourth-order valence-corrected chi connectivity index (χ4v) is 3.18. The Morgan fingerprint density at radius 3 is 2.04 bits per heavy atom. The highest BCUT2D eigenvalue weighted by Crippen LogP contribution is 2.26. The Bertz CT molecular complexity index is 779. The van der Waals surface area contributed by atoms with E-state index >= 15 is 0 Å². The number of urea groups is 1. The van der Waals surface area contributed by atoms with Crippen LogP contribution in [0.1, 0.15) is 29.6 Å². The van der Waals surface area contributed by atoms with E-state index < -0.39 is 5.91 Å².